The van der Waals surface area contributed by atoms with Crippen molar-refractivity contribution in [2.45, 2.75) is 33.2 Å². The third-order valence-corrected chi connectivity index (χ3v) is 5.23. The lowest BCUT2D eigenvalue weighted by molar-refractivity contribution is -0.139. The maximum absolute atomic E-state index is 12.9. The van der Waals surface area contributed by atoms with E-state index in [1.54, 1.807) is 12.4 Å². The molecule has 1 amide bonds. The Labute approximate surface area is 144 Å². The highest BCUT2D eigenvalue weighted by atomic mass is 16.2. The number of carbonyl (C=O) groups is 1. The molecule has 3 atom stereocenters. The minimum atomic E-state index is -0.0404. The van der Waals surface area contributed by atoms with Gasteiger partial charge in [-0.15, -0.1) is 0 Å². The zero-order valence-corrected chi connectivity index (χ0v) is 15.1. The third kappa shape index (κ3) is 3.86. The Morgan fingerprint density at radius 2 is 1.67 bits per heavy atom. The van der Waals surface area contributed by atoms with Gasteiger partial charge in [-0.3, -0.25) is 9.69 Å². The predicted molar refractivity (Wildman–Crippen MR) is 94.8 cm³/mol. The van der Waals surface area contributed by atoms with Crippen molar-refractivity contribution in [3.8, 4) is 0 Å². The van der Waals surface area contributed by atoms with Gasteiger partial charge in [0.25, 0.3) is 0 Å². The van der Waals surface area contributed by atoms with E-state index in [2.05, 4.69) is 45.4 Å². The molecule has 0 saturated carbocycles. The first-order valence-electron chi connectivity index (χ1n) is 9.09. The van der Waals surface area contributed by atoms with Crippen molar-refractivity contribution in [2.75, 3.05) is 44.2 Å². The summed E-state index contributed by atoms with van der Waals surface area (Å²) in [4.78, 5) is 28.1. The van der Waals surface area contributed by atoms with Gasteiger partial charge in [-0.25, -0.2) is 9.97 Å². The van der Waals surface area contributed by atoms with E-state index < -0.39 is 0 Å². The van der Waals surface area contributed by atoms with Crippen molar-refractivity contribution >= 4 is 11.9 Å². The lowest BCUT2D eigenvalue weighted by Crippen LogP contribution is -2.56. The van der Waals surface area contributed by atoms with Gasteiger partial charge in [-0.2, -0.15) is 0 Å². The number of amides is 1. The summed E-state index contributed by atoms with van der Waals surface area (Å²) < 4.78 is 0. The quantitative estimate of drug-likeness (QED) is 0.840. The van der Waals surface area contributed by atoms with E-state index in [0.29, 0.717) is 11.8 Å². The van der Waals surface area contributed by atoms with Gasteiger partial charge in [-0.1, -0.05) is 13.8 Å². The second-order valence-corrected chi connectivity index (χ2v) is 7.44. The van der Waals surface area contributed by atoms with Gasteiger partial charge in [0.1, 0.15) is 0 Å². The van der Waals surface area contributed by atoms with Gasteiger partial charge in [0.15, 0.2) is 0 Å². The molecular formula is C18H29N5O. The van der Waals surface area contributed by atoms with E-state index in [1.807, 2.05) is 6.07 Å². The summed E-state index contributed by atoms with van der Waals surface area (Å²) in [6.45, 7) is 11.9. The predicted octanol–water partition coefficient (Wildman–Crippen LogP) is 1.49. The zero-order valence-electron chi connectivity index (χ0n) is 15.1. The molecule has 24 heavy (non-hydrogen) atoms. The number of anilines is 1. The summed E-state index contributed by atoms with van der Waals surface area (Å²) in [6.07, 6.45) is 4.78. The van der Waals surface area contributed by atoms with E-state index in [4.69, 9.17) is 0 Å². The summed E-state index contributed by atoms with van der Waals surface area (Å²) in [5, 5.41) is 0. The van der Waals surface area contributed by atoms with E-state index in [0.717, 1.165) is 45.2 Å². The molecule has 6 heteroatoms. The van der Waals surface area contributed by atoms with Crippen LogP contribution in [0.1, 0.15) is 27.2 Å². The second-order valence-electron chi connectivity index (χ2n) is 7.44. The molecule has 3 heterocycles. The molecule has 0 aliphatic carbocycles. The normalized spacial score (nSPS) is 27.1. The molecule has 1 aromatic rings. The standard InChI is InChI=1S/C18H29N5O/c1-14-11-15(2)13-23(12-14)17(24)16(3)21-7-9-22(10-8-21)18-19-5-4-6-20-18/h4-6,14-16H,7-13H2,1-3H3/t14-,15+,16-/m1/s1. The van der Waals surface area contributed by atoms with Gasteiger partial charge < -0.3 is 9.80 Å². The molecule has 3 rings (SSSR count). The van der Waals surface area contributed by atoms with Gasteiger partial charge in [-0.05, 0) is 31.2 Å². The Hall–Kier alpha value is -1.69. The number of carbonyl (C=O) groups excluding carboxylic acids is 1. The van der Waals surface area contributed by atoms with Crippen LogP contribution in [0.15, 0.2) is 18.5 Å². The number of nitrogens with zero attached hydrogens (tertiary/aromatic N) is 5. The molecule has 1 aromatic heterocycles. The first kappa shape index (κ1) is 17.1. The van der Waals surface area contributed by atoms with Gasteiger partial charge >= 0.3 is 0 Å². The SMILES string of the molecule is C[C@@H]1C[C@H](C)CN(C(=O)[C@@H](C)N2CCN(c3ncccn3)CC2)C1. The maximum Gasteiger partial charge on any atom is 0.239 e. The molecule has 2 fully saturated rings. The number of piperidine rings is 1. The van der Waals surface area contributed by atoms with E-state index in [1.165, 1.54) is 6.42 Å². The molecule has 132 valence electrons. The molecule has 0 aromatic carbocycles. The fourth-order valence-electron chi connectivity index (χ4n) is 4.03. The highest BCUT2D eigenvalue weighted by Crippen LogP contribution is 2.22. The summed E-state index contributed by atoms with van der Waals surface area (Å²) in [7, 11) is 0. The Morgan fingerprint density at radius 3 is 2.25 bits per heavy atom. The van der Waals surface area contributed by atoms with E-state index in [-0.39, 0.29) is 11.9 Å². The maximum atomic E-state index is 12.9. The van der Waals surface area contributed by atoms with E-state index in [9.17, 15) is 4.79 Å². The second kappa shape index (κ2) is 7.47. The van der Waals surface area contributed by atoms with Crippen LogP contribution in [-0.2, 0) is 4.79 Å². The number of rotatable bonds is 3. The van der Waals surface area contributed by atoms with Crippen LogP contribution in [0.2, 0.25) is 0 Å². The Bertz CT molecular complexity index is 534. The Kier molecular flexibility index (Phi) is 5.33. The molecule has 2 aliphatic rings. The van der Waals surface area contributed by atoms with Crippen LogP contribution in [0.4, 0.5) is 5.95 Å². The summed E-state index contributed by atoms with van der Waals surface area (Å²) in [5.41, 5.74) is 0. The fraction of sp³-hybridized carbons (Fsp3) is 0.722. The minimum absolute atomic E-state index is 0.0404. The number of aromatic nitrogens is 2. The van der Waals surface area contributed by atoms with Crippen LogP contribution < -0.4 is 4.90 Å². The topological polar surface area (TPSA) is 52.6 Å². The van der Waals surface area contributed by atoms with Crippen molar-refractivity contribution < 1.29 is 4.79 Å². The highest BCUT2D eigenvalue weighted by molar-refractivity contribution is 5.81. The zero-order chi connectivity index (χ0) is 17.1. The molecule has 6 nitrogen and oxygen atoms in total. The van der Waals surface area contributed by atoms with E-state index >= 15 is 0 Å². The van der Waals surface area contributed by atoms with Crippen molar-refractivity contribution in [1.82, 2.24) is 19.8 Å². The van der Waals surface area contributed by atoms with Crippen molar-refractivity contribution in [3.05, 3.63) is 18.5 Å². The molecule has 2 aliphatic heterocycles. The van der Waals surface area contributed by atoms with Gasteiger partial charge in [0.05, 0.1) is 6.04 Å². The number of hydrogen-bond acceptors (Lipinski definition) is 5. The summed E-state index contributed by atoms with van der Waals surface area (Å²) >= 11 is 0. The lowest BCUT2D eigenvalue weighted by atomic mass is 9.91. The monoisotopic (exact) mass is 331 g/mol. The molecule has 2 saturated heterocycles. The van der Waals surface area contributed by atoms with Crippen LogP contribution in [0.3, 0.4) is 0 Å². The van der Waals surface area contributed by atoms with Crippen molar-refractivity contribution in [2.24, 2.45) is 11.8 Å². The van der Waals surface area contributed by atoms with Crippen LogP contribution in [0.25, 0.3) is 0 Å². The largest absolute Gasteiger partial charge is 0.341 e. The highest BCUT2D eigenvalue weighted by Gasteiger charge is 2.32. The van der Waals surface area contributed by atoms with Crippen molar-refractivity contribution in [3.63, 3.8) is 0 Å². The first-order valence-corrected chi connectivity index (χ1v) is 9.09. The average molecular weight is 331 g/mol. The lowest BCUT2D eigenvalue weighted by Gasteiger charge is -2.41. The van der Waals surface area contributed by atoms with Crippen LogP contribution in [0.5, 0.6) is 0 Å². The number of hydrogen-bond donors (Lipinski definition) is 0. The number of likely N-dealkylation sites (tertiary alicyclic amines) is 1. The summed E-state index contributed by atoms with van der Waals surface area (Å²) in [6, 6.07) is 1.79. The fourth-order valence-corrected chi connectivity index (χ4v) is 4.03. The Morgan fingerprint density at radius 1 is 1.08 bits per heavy atom. The summed E-state index contributed by atoms with van der Waals surface area (Å²) in [5.74, 6) is 2.29. The average Bonchev–Trinajstić information content (AvgIpc) is 2.60. The molecule has 0 bridgehead atoms. The van der Waals surface area contributed by atoms with Crippen LogP contribution in [0, 0.1) is 11.8 Å². The van der Waals surface area contributed by atoms with Crippen LogP contribution >= 0.6 is 0 Å². The molecule has 0 unspecified atom stereocenters. The smallest absolute Gasteiger partial charge is 0.239 e. The van der Waals surface area contributed by atoms with Crippen molar-refractivity contribution in [1.29, 1.82) is 0 Å². The van der Waals surface area contributed by atoms with Gasteiger partial charge in [0, 0.05) is 51.7 Å². The number of piperazine rings is 1. The third-order valence-electron chi connectivity index (χ3n) is 5.23. The molecular weight excluding hydrogens is 302 g/mol. The van der Waals surface area contributed by atoms with Crippen LogP contribution in [-0.4, -0.2) is 71.0 Å². The van der Waals surface area contributed by atoms with Gasteiger partial charge in [0.2, 0.25) is 11.9 Å². The first-order chi connectivity index (χ1) is 11.5. The molecule has 0 radical (unpaired) electrons. The molecule has 0 spiro atoms. The minimum Gasteiger partial charge on any atom is -0.341 e. The molecule has 0 N–H and O–H groups in total. The Balaban J connectivity index is 1.55.